The van der Waals surface area contributed by atoms with Crippen molar-refractivity contribution < 1.29 is 44.6 Å². The van der Waals surface area contributed by atoms with Crippen LogP contribution in [0.5, 0.6) is 0 Å². The SMILES string of the molecule is FC1(F)OC(F)(F)[C@H]2C3C=CC([C@H]21)[C@H]1[C@@H]3C(F)(F)OC1(F)F. The highest BCUT2D eigenvalue weighted by Gasteiger charge is 2.82. The second kappa shape index (κ2) is 3.61. The van der Waals surface area contributed by atoms with Gasteiger partial charge < -0.3 is 0 Å². The van der Waals surface area contributed by atoms with E-state index in [2.05, 4.69) is 9.47 Å². The Balaban J connectivity index is 1.88. The van der Waals surface area contributed by atoms with Crippen molar-refractivity contribution in [1.29, 1.82) is 0 Å². The van der Waals surface area contributed by atoms with Gasteiger partial charge in [-0.15, -0.1) is 0 Å². The van der Waals surface area contributed by atoms with Crippen LogP contribution in [0.15, 0.2) is 12.2 Å². The smallest absolute Gasteiger partial charge is 0.255 e. The fourth-order valence-electron chi connectivity index (χ4n) is 4.51. The summed E-state index contributed by atoms with van der Waals surface area (Å²) in [6, 6.07) is 0. The van der Waals surface area contributed by atoms with Gasteiger partial charge in [-0.1, -0.05) is 12.2 Å². The molecule has 5 rings (SSSR count). The molecule has 2 aliphatic heterocycles. The van der Waals surface area contributed by atoms with Crippen molar-refractivity contribution in [2.45, 2.75) is 24.4 Å². The van der Waals surface area contributed by atoms with E-state index in [0.29, 0.717) is 0 Å². The fourth-order valence-corrected chi connectivity index (χ4v) is 4.51. The molecule has 10 heteroatoms. The number of hydrogen-bond donors (Lipinski definition) is 0. The minimum absolute atomic E-state index is 0.879. The molecule has 3 fully saturated rings. The van der Waals surface area contributed by atoms with Crippen LogP contribution in [-0.4, -0.2) is 24.4 Å². The van der Waals surface area contributed by atoms with E-state index >= 15 is 0 Å². The zero-order valence-electron chi connectivity index (χ0n) is 10.5. The highest BCUT2D eigenvalue weighted by atomic mass is 19.3. The van der Waals surface area contributed by atoms with Crippen molar-refractivity contribution in [1.82, 2.24) is 0 Å². The third-order valence-electron chi connectivity index (χ3n) is 5.08. The van der Waals surface area contributed by atoms with Crippen LogP contribution in [0.2, 0.25) is 0 Å². The first-order valence-electron chi connectivity index (χ1n) is 6.48. The summed E-state index contributed by atoms with van der Waals surface area (Å²) >= 11 is 0. The summed E-state index contributed by atoms with van der Waals surface area (Å²) in [6.07, 6.45) is -15.7. The van der Waals surface area contributed by atoms with Gasteiger partial charge in [0.1, 0.15) is 0 Å². The Labute approximate surface area is 118 Å². The van der Waals surface area contributed by atoms with Gasteiger partial charge in [-0.25, -0.2) is 0 Å². The Morgan fingerprint density at radius 1 is 0.500 bits per heavy atom. The zero-order valence-corrected chi connectivity index (χ0v) is 10.5. The van der Waals surface area contributed by atoms with Crippen LogP contribution in [0, 0.1) is 35.5 Å². The predicted octanol–water partition coefficient (Wildman–Crippen LogP) is 3.70. The van der Waals surface area contributed by atoms with Crippen molar-refractivity contribution in [3.8, 4) is 0 Å². The highest BCUT2D eigenvalue weighted by molar-refractivity contribution is 5.23. The van der Waals surface area contributed by atoms with Gasteiger partial charge in [-0.2, -0.15) is 35.1 Å². The number of hydrogen-bond acceptors (Lipinski definition) is 2. The van der Waals surface area contributed by atoms with Crippen LogP contribution in [0.25, 0.3) is 0 Å². The molecule has 22 heavy (non-hydrogen) atoms. The van der Waals surface area contributed by atoms with E-state index in [0.717, 1.165) is 12.2 Å². The van der Waals surface area contributed by atoms with Crippen LogP contribution < -0.4 is 0 Å². The topological polar surface area (TPSA) is 18.5 Å². The van der Waals surface area contributed by atoms with Crippen LogP contribution in [0.4, 0.5) is 35.1 Å². The van der Waals surface area contributed by atoms with Crippen LogP contribution in [0.3, 0.4) is 0 Å². The Bertz CT molecular complexity index is 471. The summed E-state index contributed by atoms with van der Waals surface area (Å²) in [4.78, 5) is 0. The molecule has 2 bridgehead atoms. The number of allylic oxidation sites excluding steroid dienone is 2. The van der Waals surface area contributed by atoms with Gasteiger partial charge in [0, 0.05) is 11.8 Å². The minimum Gasteiger partial charge on any atom is -0.255 e. The molecule has 3 aliphatic carbocycles. The van der Waals surface area contributed by atoms with E-state index in [-0.39, 0.29) is 0 Å². The summed E-state index contributed by atoms with van der Waals surface area (Å²) in [5.74, 6) is -12.9. The maximum Gasteiger partial charge on any atom is 0.364 e. The molecule has 0 N–H and O–H groups in total. The van der Waals surface area contributed by atoms with E-state index in [1.807, 2.05) is 0 Å². The molecule has 2 saturated heterocycles. The van der Waals surface area contributed by atoms with Gasteiger partial charge in [0.2, 0.25) is 0 Å². The maximum atomic E-state index is 13.7. The van der Waals surface area contributed by atoms with Crippen molar-refractivity contribution in [2.24, 2.45) is 35.5 Å². The molecule has 1 saturated carbocycles. The standard InChI is InChI=1S/C12H8F8O2/c13-9(14)5-3-1-2-4(7(5)11(17,18)21-9)8-6(3)10(15,16)22-12(8,19)20/h1-8H/t3?,4?,5-,6+,7+,8-. The Morgan fingerprint density at radius 2 is 0.727 bits per heavy atom. The lowest BCUT2D eigenvalue weighted by Gasteiger charge is -2.49. The molecule has 5 aliphatic rings. The summed E-state index contributed by atoms with van der Waals surface area (Å²) in [6.45, 7) is 0. The zero-order chi connectivity index (χ0) is 16.3. The predicted molar refractivity (Wildman–Crippen MR) is 52.0 cm³/mol. The van der Waals surface area contributed by atoms with Crippen molar-refractivity contribution >= 4 is 0 Å². The van der Waals surface area contributed by atoms with Crippen molar-refractivity contribution in [3.63, 3.8) is 0 Å². The van der Waals surface area contributed by atoms with Gasteiger partial charge in [-0.3, -0.25) is 9.47 Å². The van der Waals surface area contributed by atoms with E-state index in [1.54, 1.807) is 0 Å². The molecule has 0 radical (unpaired) electrons. The van der Waals surface area contributed by atoms with Crippen LogP contribution in [0.1, 0.15) is 0 Å². The number of halogens is 8. The number of rotatable bonds is 0. The molecular formula is C12H8F8O2. The molecule has 124 valence electrons. The quantitative estimate of drug-likeness (QED) is 0.496. The van der Waals surface area contributed by atoms with Gasteiger partial charge in [0.05, 0.1) is 23.7 Å². The number of alkyl halides is 8. The van der Waals surface area contributed by atoms with Crippen LogP contribution >= 0.6 is 0 Å². The second-order valence-electron chi connectivity index (χ2n) is 6.09. The summed E-state index contributed by atoms with van der Waals surface area (Å²) in [5, 5.41) is 0. The van der Waals surface area contributed by atoms with Crippen molar-refractivity contribution in [3.05, 3.63) is 12.2 Å². The van der Waals surface area contributed by atoms with E-state index in [1.165, 1.54) is 0 Å². The Hall–Kier alpha value is -0.900. The average Bonchev–Trinajstić information content (AvgIpc) is 2.67. The molecule has 0 aromatic carbocycles. The molecule has 0 aromatic heterocycles. The second-order valence-corrected chi connectivity index (χ2v) is 6.09. The summed E-state index contributed by atoms with van der Waals surface area (Å²) in [5.41, 5.74) is 0. The molecule has 2 heterocycles. The van der Waals surface area contributed by atoms with Gasteiger partial charge in [0.15, 0.2) is 0 Å². The fraction of sp³-hybridized carbons (Fsp3) is 0.833. The lowest BCUT2D eigenvalue weighted by atomic mass is 9.53. The first-order chi connectivity index (χ1) is 9.89. The third kappa shape index (κ3) is 1.52. The van der Waals surface area contributed by atoms with Gasteiger partial charge in [-0.05, 0) is 0 Å². The Morgan fingerprint density at radius 3 is 0.955 bits per heavy atom. The van der Waals surface area contributed by atoms with E-state index in [4.69, 9.17) is 0 Å². The molecule has 0 amide bonds. The molecule has 6 atom stereocenters. The minimum atomic E-state index is -4.37. The third-order valence-corrected chi connectivity index (χ3v) is 5.08. The summed E-state index contributed by atoms with van der Waals surface area (Å²) < 4.78 is 117. The molecule has 0 aromatic rings. The maximum absolute atomic E-state index is 13.7. The lowest BCUT2D eigenvalue weighted by molar-refractivity contribution is -0.352. The monoisotopic (exact) mass is 336 g/mol. The Kier molecular flexibility index (Phi) is 2.41. The first-order valence-corrected chi connectivity index (χ1v) is 6.48. The average molecular weight is 336 g/mol. The lowest BCUT2D eigenvalue weighted by Crippen LogP contribution is -2.56. The van der Waals surface area contributed by atoms with Gasteiger partial charge in [0.25, 0.3) is 0 Å². The summed E-state index contributed by atoms with van der Waals surface area (Å²) in [7, 11) is 0. The molecular weight excluding hydrogens is 328 g/mol. The molecule has 2 unspecified atom stereocenters. The first kappa shape index (κ1) is 14.7. The van der Waals surface area contributed by atoms with E-state index < -0.39 is 59.9 Å². The molecule has 0 spiro atoms. The molecule has 2 nitrogen and oxygen atoms in total. The normalized spacial score (nSPS) is 51.6. The largest absolute Gasteiger partial charge is 0.364 e. The van der Waals surface area contributed by atoms with Crippen LogP contribution in [-0.2, 0) is 9.47 Å². The van der Waals surface area contributed by atoms with Gasteiger partial charge >= 0.3 is 24.4 Å². The van der Waals surface area contributed by atoms with Crippen molar-refractivity contribution in [2.75, 3.05) is 0 Å². The van der Waals surface area contributed by atoms with E-state index in [9.17, 15) is 35.1 Å². The highest BCUT2D eigenvalue weighted by Crippen LogP contribution is 2.71. The number of ether oxygens (including phenoxy) is 2.